The molecule has 0 aliphatic carbocycles. The minimum atomic E-state index is -0.328. The van der Waals surface area contributed by atoms with Crippen LogP contribution in [0.15, 0.2) is 65.8 Å². The Bertz CT molecular complexity index is 1270. The van der Waals surface area contributed by atoms with Gasteiger partial charge < -0.3 is 9.47 Å². The van der Waals surface area contributed by atoms with Crippen molar-refractivity contribution in [3.63, 3.8) is 0 Å². The Balaban J connectivity index is 1.84. The molecule has 35 heavy (non-hydrogen) atoms. The standard InChI is InChI=1S/C30H35NO4/c1-20(2)8-7-9-21(3)16-17-35-29(32)19-26-23(5)31(28-15-14-25(34-6)18-27(26)28)30(33)24-12-10-22(4)11-13-24/h8,10-16,18H,7,9,17,19H2,1-6H3. The number of fused-ring (bicyclic) bond motifs is 1. The van der Waals surface area contributed by atoms with Gasteiger partial charge in [0, 0.05) is 16.6 Å². The number of carbonyl (C=O) groups is 2. The summed E-state index contributed by atoms with van der Waals surface area (Å²) in [6.45, 7) is 10.3. The first-order valence-corrected chi connectivity index (χ1v) is 11.9. The number of esters is 1. The molecule has 0 aliphatic rings. The summed E-state index contributed by atoms with van der Waals surface area (Å²) >= 11 is 0. The van der Waals surface area contributed by atoms with E-state index in [9.17, 15) is 9.59 Å². The maximum atomic E-state index is 13.4. The van der Waals surface area contributed by atoms with E-state index in [4.69, 9.17) is 9.47 Å². The summed E-state index contributed by atoms with van der Waals surface area (Å²) in [4.78, 5) is 26.2. The van der Waals surface area contributed by atoms with Gasteiger partial charge in [0.15, 0.2) is 0 Å². The van der Waals surface area contributed by atoms with Crippen molar-refractivity contribution in [1.82, 2.24) is 4.57 Å². The van der Waals surface area contributed by atoms with E-state index in [2.05, 4.69) is 19.9 Å². The molecule has 1 heterocycles. The number of methoxy groups -OCH3 is 1. The van der Waals surface area contributed by atoms with Crippen molar-refractivity contribution in [3.05, 3.63) is 88.1 Å². The molecule has 0 spiro atoms. The van der Waals surface area contributed by atoms with Crippen LogP contribution in [-0.4, -0.2) is 30.2 Å². The predicted octanol–water partition coefficient (Wildman–Crippen LogP) is 6.73. The SMILES string of the molecule is COc1ccc2c(c1)c(CC(=O)OCC=C(C)CCC=C(C)C)c(C)n2C(=O)c1ccc(C)cc1. The van der Waals surface area contributed by atoms with E-state index in [0.717, 1.165) is 40.6 Å². The number of ether oxygens (including phenoxy) is 2. The molecule has 0 atom stereocenters. The number of carbonyl (C=O) groups excluding carboxylic acids is 2. The third kappa shape index (κ3) is 6.50. The van der Waals surface area contributed by atoms with E-state index in [-0.39, 0.29) is 24.9 Å². The van der Waals surface area contributed by atoms with Gasteiger partial charge >= 0.3 is 5.97 Å². The van der Waals surface area contributed by atoms with E-state index >= 15 is 0 Å². The highest BCUT2D eigenvalue weighted by molar-refractivity contribution is 6.05. The van der Waals surface area contributed by atoms with Gasteiger partial charge in [-0.25, -0.2) is 0 Å². The molecule has 0 bridgehead atoms. The van der Waals surface area contributed by atoms with Gasteiger partial charge in [0.05, 0.1) is 19.0 Å². The summed E-state index contributed by atoms with van der Waals surface area (Å²) < 4.78 is 12.6. The van der Waals surface area contributed by atoms with E-state index in [0.29, 0.717) is 11.3 Å². The third-order valence-electron chi connectivity index (χ3n) is 6.13. The number of aromatic nitrogens is 1. The fourth-order valence-electron chi connectivity index (χ4n) is 4.06. The molecule has 0 N–H and O–H groups in total. The number of benzene rings is 2. The number of nitrogens with zero attached hydrogens (tertiary/aromatic N) is 1. The Morgan fingerprint density at radius 2 is 1.69 bits per heavy atom. The summed E-state index contributed by atoms with van der Waals surface area (Å²) in [5.41, 5.74) is 6.41. The molecule has 1 aromatic heterocycles. The van der Waals surface area contributed by atoms with Gasteiger partial charge in [0.2, 0.25) is 0 Å². The highest BCUT2D eigenvalue weighted by atomic mass is 16.5. The van der Waals surface area contributed by atoms with Gasteiger partial charge in [-0.3, -0.25) is 14.2 Å². The van der Waals surface area contributed by atoms with Crippen LogP contribution in [-0.2, 0) is 16.0 Å². The molecule has 0 unspecified atom stereocenters. The van der Waals surface area contributed by atoms with Gasteiger partial charge in [-0.2, -0.15) is 0 Å². The molecular weight excluding hydrogens is 438 g/mol. The number of hydrogen-bond acceptors (Lipinski definition) is 4. The van der Waals surface area contributed by atoms with Crippen LogP contribution in [0, 0.1) is 13.8 Å². The molecular formula is C30H35NO4. The average Bonchev–Trinajstić information content (AvgIpc) is 3.09. The van der Waals surface area contributed by atoms with Gasteiger partial charge in [0.25, 0.3) is 5.91 Å². The molecule has 184 valence electrons. The monoisotopic (exact) mass is 473 g/mol. The van der Waals surface area contributed by atoms with E-state index in [1.807, 2.05) is 69.3 Å². The number of aryl methyl sites for hydroxylation is 1. The normalized spacial score (nSPS) is 11.4. The maximum Gasteiger partial charge on any atom is 0.310 e. The van der Waals surface area contributed by atoms with Crippen LogP contribution in [0.5, 0.6) is 5.75 Å². The van der Waals surface area contributed by atoms with Gasteiger partial charge in [-0.15, -0.1) is 0 Å². The van der Waals surface area contributed by atoms with E-state index < -0.39 is 0 Å². The second-order valence-corrected chi connectivity index (χ2v) is 9.18. The second kappa shape index (κ2) is 11.7. The molecule has 0 fully saturated rings. The highest BCUT2D eigenvalue weighted by Gasteiger charge is 2.22. The number of allylic oxidation sites excluding steroid dienone is 3. The lowest BCUT2D eigenvalue weighted by Gasteiger charge is -2.08. The molecule has 5 heteroatoms. The zero-order valence-corrected chi connectivity index (χ0v) is 21.6. The van der Waals surface area contributed by atoms with Gasteiger partial charge in [-0.05, 0) is 89.4 Å². The topological polar surface area (TPSA) is 57.5 Å². The number of rotatable bonds is 9. The largest absolute Gasteiger partial charge is 0.497 e. The fraction of sp³-hybridized carbons (Fsp3) is 0.333. The van der Waals surface area contributed by atoms with Crippen LogP contribution in [0.25, 0.3) is 10.9 Å². The summed E-state index contributed by atoms with van der Waals surface area (Å²) in [5, 5.41) is 0.813. The second-order valence-electron chi connectivity index (χ2n) is 9.18. The molecule has 0 radical (unpaired) electrons. The Morgan fingerprint density at radius 1 is 0.971 bits per heavy atom. The Labute approximate surface area is 208 Å². The highest BCUT2D eigenvalue weighted by Crippen LogP contribution is 2.31. The lowest BCUT2D eigenvalue weighted by Crippen LogP contribution is -2.14. The molecule has 0 aliphatic heterocycles. The van der Waals surface area contributed by atoms with Crippen LogP contribution >= 0.6 is 0 Å². The zero-order chi connectivity index (χ0) is 25.5. The van der Waals surface area contributed by atoms with Crippen molar-refractivity contribution in [2.75, 3.05) is 13.7 Å². The molecule has 0 amide bonds. The Morgan fingerprint density at radius 3 is 2.34 bits per heavy atom. The maximum absolute atomic E-state index is 13.4. The Hall–Kier alpha value is -3.60. The van der Waals surface area contributed by atoms with Crippen LogP contribution in [0.4, 0.5) is 0 Å². The van der Waals surface area contributed by atoms with Crippen LogP contribution in [0.1, 0.15) is 60.8 Å². The first kappa shape index (κ1) is 26.0. The zero-order valence-electron chi connectivity index (χ0n) is 21.6. The summed E-state index contributed by atoms with van der Waals surface area (Å²) in [6, 6.07) is 13.1. The van der Waals surface area contributed by atoms with Crippen molar-refractivity contribution < 1.29 is 19.1 Å². The quantitative estimate of drug-likeness (QED) is 0.255. The number of hydrogen-bond donors (Lipinski definition) is 0. The van der Waals surface area contributed by atoms with Crippen molar-refractivity contribution in [2.45, 2.75) is 53.9 Å². The first-order valence-electron chi connectivity index (χ1n) is 11.9. The van der Waals surface area contributed by atoms with Crippen molar-refractivity contribution in [1.29, 1.82) is 0 Å². The average molecular weight is 474 g/mol. The van der Waals surface area contributed by atoms with Crippen molar-refractivity contribution in [3.8, 4) is 5.75 Å². The third-order valence-corrected chi connectivity index (χ3v) is 6.13. The summed E-state index contributed by atoms with van der Waals surface area (Å²) in [5.74, 6) is 0.209. The van der Waals surface area contributed by atoms with Gasteiger partial charge in [0.1, 0.15) is 12.4 Å². The lowest BCUT2D eigenvalue weighted by atomic mass is 10.1. The summed E-state index contributed by atoms with van der Waals surface area (Å²) in [7, 11) is 1.60. The predicted molar refractivity (Wildman–Crippen MR) is 141 cm³/mol. The molecule has 3 aromatic rings. The minimum absolute atomic E-state index is 0.0777. The van der Waals surface area contributed by atoms with Crippen LogP contribution < -0.4 is 4.74 Å². The smallest absolute Gasteiger partial charge is 0.310 e. The van der Waals surface area contributed by atoms with Crippen molar-refractivity contribution >= 4 is 22.8 Å². The molecule has 2 aromatic carbocycles. The van der Waals surface area contributed by atoms with Crippen LogP contribution in [0.2, 0.25) is 0 Å². The molecule has 0 saturated heterocycles. The molecule has 3 rings (SSSR count). The van der Waals surface area contributed by atoms with Crippen LogP contribution in [0.3, 0.4) is 0 Å². The first-order chi connectivity index (χ1) is 16.7. The molecule has 5 nitrogen and oxygen atoms in total. The minimum Gasteiger partial charge on any atom is -0.497 e. The van der Waals surface area contributed by atoms with E-state index in [1.165, 1.54) is 11.1 Å². The molecule has 0 saturated carbocycles. The fourth-order valence-corrected chi connectivity index (χ4v) is 4.06. The van der Waals surface area contributed by atoms with Gasteiger partial charge in [-0.1, -0.05) is 34.9 Å². The van der Waals surface area contributed by atoms with E-state index in [1.54, 1.807) is 11.7 Å². The Kier molecular flexibility index (Phi) is 8.69. The summed E-state index contributed by atoms with van der Waals surface area (Å²) in [6.07, 6.45) is 6.16. The van der Waals surface area contributed by atoms with Crippen molar-refractivity contribution in [2.24, 2.45) is 0 Å². The lowest BCUT2D eigenvalue weighted by molar-refractivity contribution is -0.141.